The lowest BCUT2D eigenvalue weighted by atomic mass is 9.71. The van der Waals surface area contributed by atoms with E-state index in [1.807, 2.05) is 13.0 Å². The normalized spacial score (nSPS) is 24.5. The van der Waals surface area contributed by atoms with Crippen LogP contribution in [0.4, 0.5) is 5.69 Å². The van der Waals surface area contributed by atoms with Crippen LogP contribution in [-0.4, -0.2) is 16.6 Å². The topological polar surface area (TPSA) is 49.3 Å². The highest BCUT2D eigenvalue weighted by molar-refractivity contribution is 6.30. The van der Waals surface area contributed by atoms with Crippen molar-refractivity contribution in [2.45, 2.75) is 44.1 Å². The van der Waals surface area contributed by atoms with E-state index >= 15 is 0 Å². The summed E-state index contributed by atoms with van der Waals surface area (Å²) in [5, 5.41) is 14.5. The Kier molecular flexibility index (Phi) is 5.45. The van der Waals surface area contributed by atoms with Crippen molar-refractivity contribution in [3.05, 3.63) is 65.2 Å². The number of anilines is 1. The van der Waals surface area contributed by atoms with Crippen LogP contribution in [0.2, 0.25) is 5.02 Å². The molecule has 0 bridgehead atoms. The van der Waals surface area contributed by atoms with Crippen LogP contribution < -0.4 is 5.32 Å². The first-order chi connectivity index (χ1) is 12.0. The van der Waals surface area contributed by atoms with E-state index in [1.54, 1.807) is 24.3 Å². The molecule has 1 aliphatic carbocycles. The van der Waals surface area contributed by atoms with Gasteiger partial charge in [0.2, 0.25) is 5.91 Å². The average Bonchev–Trinajstić information content (AvgIpc) is 2.64. The fourth-order valence-electron chi connectivity index (χ4n) is 3.64. The lowest BCUT2D eigenvalue weighted by Gasteiger charge is -2.39. The number of carbonyl (C=O) groups is 1. The molecule has 0 spiro atoms. The molecule has 1 unspecified atom stereocenters. The van der Waals surface area contributed by atoms with Gasteiger partial charge in [-0.15, -0.1) is 0 Å². The van der Waals surface area contributed by atoms with E-state index < -0.39 is 11.5 Å². The molecule has 1 fully saturated rings. The summed E-state index contributed by atoms with van der Waals surface area (Å²) in [5.41, 5.74) is 1.08. The maximum absolute atomic E-state index is 12.5. The van der Waals surface area contributed by atoms with E-state index in [4.69, 9.17) is 11.6 Å². The van der Waals surface area contributed by atoms with Gasteiger partial charge in [0.15, 0.2) is 0 Å². The summed E-state index contributed by atoms with van der Waals surface area (Å²) in [7, 11) is 0. The van der Waals surface area contributed by atoms with Crippen molar-refractivity contribution in [2.24, 2.45) is 5.92 Å². The maximum Gasteiger partial charge on any atom is 0.230 e. The average molecular weight is 358 g/mol. The van der Waals surface area contributed by atoms with Gasteiger partial charge in [-0.1, -0.05) is 48.9 Å². The Morgan fingerprint density at radius 2 is 1.72 bits per heavy atom. The zero-order valence-electron chi connectivity index (χ0n) is 14.4. The van der Waals surface area contributed by atoms with E-state index in [-0.39, 0.29) is 5.91 Å². The number of hydrogen-bond acceptors (Lipinski definition) is 2. The zero-order chi connectivity index (χ0) is 17.9. The molecule has 0 heterocycles. The Hall–Kier alpha value is -1.84. The molecule has 2 aromatic carbocycles. The predicted molar refractivity (Wildman–Crippen MR) is 102 cm³/mol. The van der Waals surface area contributed by atoms with Crippen LogP contribution in [0.25, 0.3) is 0 Å². The number of hydrogen-bond donors (Lipinski definition) is 2. The molecule has 4 heteroatoms. The monoisotopic (exact) mass is 357 g/mol. The second-order valence-electron chi connectivity index (χ2n) is 7.01. The highest BCUT2D eigenvalue weighted by atomic mass is 35.5. The van der Waals surface area contributed by atoms with Crippen molar-refractivity contribution in [1.82, 2.24) is 0 Å². The zero-order valence-corrected chi connectivity index (χ0v) is 15.2. The molecule has 3 rings (SSSR count). The molecule has 0 aromatic heterocycles. The number of amides is 1. The molecule has 1 atom stereocenters. The predicted octanol–water partition coefficient (Wildman–Crippen LogP) is 5.00. The summed E-state index contributed by atoms with van der Waals surface area (Å²) >= 11 is 5.87. The van der Waals surface area contributed by atoms with E-state index in [0.717, 1.165) is 12.8 Å². The van der Waals surface area contributed by atoms with Crippen LogP contribution in [-0.2, 0) is 4.79 Å². The van der Waals surface area contributed by atoms with Gasteiger partial charge < -0.3 is 10.4 Å². The van der Waals surface area contributed by atoms with Crippen molar-refractivity contribution in [3.8, 4) is 0 Å². The fraction of sp³-hybridized carbons (Fsp3) is 0.381. The smallest absolute Gasteiger partial charge is 0.230 e. The number of carbonyl (C=O) groups excluding carboxylic acids is 1. The minimum absolute atomic E-state index is 0.150. The van der Waals surface area contributed by atoms with Gasteiger partial charge in [0, 0.05) is 10.7 Å². The summed E-state index contributed by atoms with van der Waals surface area (Å²) in [6.45, 7) is 1.81. The molecule has 1 saturated carbocycles. The fourth-order valence-corrected chi connectivity index (χ4v) is 3.76. The van der Waals surface area contributed by atoms with Gasteiger partial charge in [-0.2, -0.15) is 0 Å². The van der Waals surface area contributed by atoms with Crippen LogP contribution >= 0.6 is 11.6 Å². The van der Waals surface area contributed by atoms with Gasteiger partial charge in [0.25, 0.3) is 0 Å². The number of aliphatic hydroxyl groups is 1. The van der Waals surface area contributed by atoms with Crippen LogP contribution in [0.5, 0.6) is 0 Å². The minimum atomic E-state index is -0.943. The number of benzene rings is 2. The van der Waals surface area contributed by atoms with E-state index in [0.29, 0.717) is 29.5 Å². The van der Waals surface area contributed by atoms with Gasteiger partial charge in [0.1, 0.15) is 0 Å². The molecular formula is C21H24ClNO2. The lowest BCUT2D eigenvalue weighted by molar-refractivity contribution is -0.131. The summed E-state index contributed by atoms with van der Waals surface area (Å²) in [5.74, 6) is -0.143. The summed E-state index contributed by atoms with van der Waals surface area (Å²) in [6, 6.07) is 17.4. The molecule has 1 amide bonds. The van der Waals surface area contributed by atoms with E-state index in [9.17, 15) is 9.90 Å². The van der Waals surface area contributed by atoms with E-state index in [1.165, 1.54) is 5.56 Å². The van der Waals surface area contributed by atoms with Gasteiger partial charge in [-0.25, -0.2) is 0 Å². The first kappa shape index (κ1) is 18.0. The molecule has 1 aliphatic rings. The van der Waals surface area contributed by atoms with E-state index in [2.05, 4.69) is 29.6 Å². The molecule has 0 saturated heterocycles. The number of rotatable bonds is 4. The lowest BCUT2D eigenvalue weighted by Crippen LogP contribution is -2.45. The van der Waals surface area contributed by atoms with Crippen LogP contribution in [0, 0.1) is 5.92 Å². The highest BCUT2D eigenvalue weighted by Crippen LogP contribution is 2.41. The Labute approximate surface area is 154 Å². The first-order valence-corrected chi connectivity index (χ1v) is 9.19. The molecule has 0 radical (unpaired) electrons. The number of halogens is 1. The van der Waals surface area contributed by atoms with Crippen molar-refractivity contribution < 1.29 is 9.90 Å². The first-order valence-electron chi connectivity index (χ1n) is 8.82. The Bertz CT molecular complexity index is 706. The number of nitrogens with one attached hydrogen (secondary N) is 1. The Balaban J connectivity index is 1.61. The molecule has 25 heavy (non-hydrogen) atoms. The molecule has 0 aliphatic heterocycles. The molecule has 132 valence electrons. The standard InChI is InChI=1S/C21H24ClNO2/c1-15(20(24)23-19-9-7-18(22)8-10-19)21(25)13-11-17(12-14-21)16-5-3-2-4-6-16/h2-10,15,17,25H,11-14H2,1H3,(H,23,24). The second kappa shape index (κ2) is 7.59. The van der Waals surface area contributed by atoms with Gasteiger partial charge in [-0.3, -0.25) is 4.79 Å². The highest BCUT2D eigenvalue weighted by Gasteiger charge is 2.41. The van der Waals surface area contributed by atoms with Crippen LogP contribution in [0.1, 0.15) is 44.1 Å². The Morgan fingerprint density at radius 1 is 1.12 bits per heavy atom. The molecule has 2 N–H and O–H groups in total. The molecular weight excluding hydrogens is 334 g/mol. The SMILES string of the molecule is CC(C(=O)Nc1ccc(Cl)cc1)C1(O)CCC(c2ccccc2)CC1. The second-order valence-corrected chi connectivity index (χ2v) is 7.44. The quantitative estimate of drug-likeness (QED) is 0.808. The summed E-state index contributed by atoms with van der Waals surface area (Å²) < 4.78 is 0. The van der Waals surface area contributed by atoms with Crippen molar-refractivity contribution in [1.29, 1.82) is 0 Å². The van der Waals surface area contributed by atoms with Crippen molar-refractivity contribution in [3.63, 3.8) is 0 Å². The third kappa shape index (κ3) is 4.23. The molecule has 2 aromatic rings. The van der Waals surface area contributed by atoms with Crippen LogP contribution in [0.15, 0.2) is 54.6 Å². The molecule has 3 nitrogen and oxygen atoms in total. The third-order valence-electron chi connectivity index (χ3n) is 5.43. The van der Waals surface area contributed by atoms with Gasteiger partial charge in [0.05, 0.1) is 11.5 Å². The van der Waals surface area contributed by atoms with Crippen molar-refractivity contribution in [2.75, 3.05) is 5.32 Å². The Morgan fingerprint density at radius 3 is 2.32 bits per heavy atom. The van der Waals surface area contributed by atoms with Gasteiger partial charge >= 0.3 is 0 Å². The summed E-state index contributed by atoms with van der Waals surface area (Å²) in [6.07, 6.45) is 3.09. The summed E-state index contributed by atoms with van der Waals surface area (Å²) in [4.78, 5) is 12.5. The third-order valence-corrected chi connectivity index (χ3v) is 5.69. The minimum Gasteiger partial charge on any atom is -0.389 e. The largest absolute Gasteiger partial charge is 0.389 e. The van der Waals surface area contributed by atoms with Crippen molar-refractivity contribution >= 4 is 23.2 Å². The van der Waals surface area contributed by atoms with Gasteiger partial charge in [-0.05, 0) is 61.4 Å². The maximum atomic E-state index is 12.5. The van der Waals surface area contributed by atoms with Crippen LogP contribution in [0.3, 0.4) is 0 Å².